The maximum absolute atomic E-state index is 12.9. The molecule has 0 saturated heterocycles. The molecule has 4 aromatic carbocycles. The highest BCUT2D eigenvalue weighted by Crippen LogP contribution is 2.46. The first-order chi connectivity index (χ1) is 29.8. The number of nitrogens with two attached hydrogens (primary N) is 2. The molecule has 7 heteroatoms. The highest BCUT2D eigenvalue weighted by molar-refractivity contribution is 6.01. The second-order valence-corrected chi connectivity index (χ2v) is 19.8. The summed E-state index contributed by atoms with van der Waals surface area (Å²) < 4.78 is 0. The molecule has 7 nitrogen and oxygen atoms in total. The average Bonchev–Trinajstić information content (AvgIpc) is 3.77. The molecule has 0 unspecified atom stereocenters. The van der Waals surface area contributed by atoms with Crippen molar-refractivity contribution in [1.82, 2.24) is 20.2 Å². The molecule has 3 heterocycles. The van der Waals surface area contributed by atoms with Crippen LogP contribution in [0, 0.1) is 5.41 Å². The van der Waals surface area contributed by atoms with Gasteiger partial charge in [0.25, 0.3) is 0 Å². The van der Waals surface area contributed by atoms with Crippen molar-refractivity contribution in [3.05, 3.63) is 161 Å². The third-order valence-corrected chi connectivity index (χ3v) is 14.2. The Morgan fingerprint density at radius 1 is 0.532 bits per heavy atom. The van der Waals surface area contributed by atoms with Crippen molar-refractivity contribution in [2.24, 2.45) is 16.9 Å². The van der Waals surface area contributed by atoms with Crippen LogP contribution in [-0.4, -0.2) is 25.9 Å². The minimum atomic E-state index is -0.166. The number of carbonyl (C=O) groups excluding carboxylic acids is 1. The molecule has 0 amide bonds. The van der Waals surface area contributed by atoms with Gasteiger partial charge in [-0.2, -0.15) is 5.10 Å². The van der Waals surface area contributed by atoms with Crippen molar-refractivity contribution in [2.75, 3.05) is 0 Å². The summed E-state index contributed by atoms with van der Waals surface area (Å²) in [5.41, 5.74) is 30.1. The zero-order valence-electron chi connectivity index (χ0n) is 36.4. The normalized spacial score (nSPS) is 18.5. The van der Waals surface area contributed by atoms with Crippen LogP contribution in [0.2, 0.25) is 0 Å². The molecule has 2 saturated carbocycles. The fraction of sp³-hybridized carbons (Fsp3) is 0.309. The van der Waals surface area contributed by atoms with Crippen molar-refractivity contribution >= 4 is 5.78 Å². The van der Waals surface area contributed by atoms with Crippen molar-refractivity contribution in [2.45, 2.75) is 102 Å². The number of hydrogen-bond donors (Lipinski definition) is 3. The van der Waals surface area contributed by atoms with E-state index in [0.29, 0.717) is 6.42 Å². The van der Waals surface area contributed by atoms with E-state index in [2.05, 4.69) is 141 Å². The number of H-pyrrole nitrogens is 1. The van der Waals surface area contributed by atoms with E-state index in [0.717, 1.165) is 106 Å². The lowest BCUT2D eigenvalue weighted by Gasteiger charge is -2.38. The number of benzene rings is 4. The van der Waals surface area contributed by atoms with Crippen LogP contribution in [-0.2, 0) is 29.3 Å². The first-order valence-electron chi connectivity index (χ1n) is 22.4. The van der Waals surface area contributed by atoms with E-state index in [1.54, 1.807) is 0 Å². The van der Waals surface area contributed by atoms with E-state index in [9.17, 15) is 4.79 Å². The Balaban J connectivity index is 0.000000148. The number of aromatic nitrogens is 4. The number of Topliss-reactive ketones (excluding diaryl/α,β-unsaturated/α-hetero) is 1. The summed E-state index contributed by atoms with van der Waals surface area (Å²) in [5.74, 6) is 0.197. The summed E-state index contributed by atoms with van der Waals surface area (Å²) in [5, 5.41) is 7.60. The van der Waals surface area contributed by atoms with Crippen molar-refractivity contribution in [3.63, 3.8) is 0 Å². The van der Waals surface area contributed by atoms with Crippen LogP contribution in [0.4, 0.5) is 0 Å². The Morgan fingerprint density at radius 2 is 1.00 bits per heavy atom. The molecule has 0 radical (unpaired) electrons. The molecule has 3 aromatic heterocycles. The smallest absolute Gasteiger partial charge is 0.165 e. The topological polar surface area (TPSA) is 124 Å². The average molecular weight is 817 g/mol. The van der Waals surface area contributed by atoms with Crippen LogP contribution in [0.5, 0.6) is 0 Å². The Bertz CT molecular complexity index is 2790. The van der Waals surface area contributed by atoms with Crippen LogP contribution in [0.15, 0.2) is 128 Å². The molecular weight excluding hydrogens is 761 g/mol. The Morgan fingerprint density at radius 3 is 1.47 bits per heavy atom. The van der Waals surface area contributed by atoms with Crippen LogP contribution in [0.1, 0.15) is 111 Å². The number of nitrogens with zero attached hydrogens (tertiary/aromatic N) is 3. The molecule has 0 atom stereocenters. The minimum absolute atomic E-state index is 0.00607. The molecule has 0 spiro atoms. The molecular formula is C55H56N6O. The van der Waals surface area contributed by atoms with E-state index < -0.39 is 0 Å². The molecule has 4 aliphatic rings. The van der Waals surface area contributed by atoms with Crippen LogP contribution in [0.3, 0.4) is 0 Å². The van der Waals surface area contributed by atoms with Gasteiger partial charge in [0.05, 0.1) is 34.7 Å². The minimum Gasteiger partial charge on any atom is -0.321 e. The van der Waals surface area contributed by atoms with Gasteiger partial charge in [-0.05, 0) is 96.6 Å². The second-order valence-electron chi connectivity index (χ2n) is 19.8. The predicted octanol–water partition coefficient (Wildman–Crippen LogP) is 11.9. The fourth-order valence-electron chi connectivity index (χ4n) is 10.1. The van der Waals surface area contributed by atoms with E-state index in [1.807, 2.05) is 24.4 Å². The lowest BCUT2D eigenvalue weighted by atomic mass is 9.72. The number of fused-ring (bicyclic) bond motifs is 4. The molecule has 5 N–H and O–H groups in total. The van der Waals surface area contributed by atoms with E-state index in [-0.39, 0.29) is 27.7 Å². The SMILES string of the molecule is CC1(C)CC(=O)c2cc(-c3ccccc3)c(-c3ccc(C4(N)CCC4)cc3)nc2C1.CC1(C)Cc2nc(-c3ccc(C4(N)CCC4)cc3)c(-c3ccccc3)cc2-c2[nH]ncc21. The molecule has 11 rings (SSSR count). The van der Waals surface area contributed by atoms with Crippen LogP contribution < -0.4 is 11.5 Å². The van der Waals surface area contributed by atoms with Gasteiger partial charge in [0, 0.05) is 56.4 Å². The highest BCUT2D eigenvalue weighted by atomic mass is 16.1. The van der Waals surface area contributed by atoms with E-state index in [4.69, 9.17) is 21.4 Å². The number of pyridine rings is 2. The molecule has 7 aromatic rings. The number of carbonyl (C=O) groups is 1. The van der Waals surface area contributed by atoms with Gasteiger partial charge in [-0.15, -0.1) is 0 Å². The molecule has 0 aliphatic heterocycles. The van der Waals surface area contributed by atoms with Gasteiger partial charge in [0.2, 0.25) is 0 Å². The molecule has 312 valence electrons. The number of hydrogen-bond acceptors (Lipinski definition) is 6. The van der Waals surface area contributed by atoms with Crippen molar-refractivity contribution < 1.29 is 4.79 Å². The first kappa shape index (κ1) is 40.1. The number of rotatable bonds is 6. The van der Waals surface area contributed by atoms with Gasteiger partial charge in [-0.3, -0.25) is 19.9 Å². The molecule has 62 heavy (non-hydrogen) atoms. The Labute approximate surface area is 365 Å². The van der Waals surface area contributed by atoms with Gasteiger partial charge >= 0.3 is 0 Å². The van der Waals surface area contributed by atoms with Crippen LogP contribution in [0.25, 0.3) is 56.0 Å². The zero-order chi connectivity index (χ0) is 42.9. The Kier molecular flexibility index (Phi) is 9.76. The molecule has 4 aliphatic carbocycles. The largest absolute Gasteiger partial charge is 0.321 e. The lowest BCUT2D eigenvalue weighted by molar-refractivity contribution is 0.0910. The van der Waals surface area contributed by atoms with Crippen molar-refractivity contribution in [3.8, 4) is 56.0 Å². The maximum atomic E-state index is 12.9. The summed E-state index contributed by atoms with van der Waals surface area (Å²) in [6, 6.07) is 42.5. The quantitative estimate of drug-likeness (QED) is 0.154. The monoisotopic (exact) mass is 816 g/mol. The maximum Gasteiger partial charge on any atom is 0.165 e. The van der Waals surface area contributed by atoms with Crippen LogP contribution >= 0.6 is 0 Å². The highest BCUT2D eigenvalue weighted by Gasteiger charge is 2.37. The summed E-state index contributed by atoms with van der Waals surface area (Å²) >= 11 is 0. The fourth-order valence-corrected chi connectivity index (χ4v) is 10.1. The Hall–Kier alpha value is -6.02. The number of aromatic amines is 1. The summed E-state index contributed by atoms with van der Waals surface area (Å²) in [7, 11) is 0. The summed E-state index contributed by atoms with van der Waals surface area (Å²) in [4.78, 5) is 23.2. The van der Waals surface area contributed by atoms with Gasteiger partial charge in [-0.25, -0.2) is 0 Å². The zero-order valence-corrected chi connectivity index (χ0v) is 36.4. The van der Waals surface area contributed by atoms with Gasteiger partial charge in [-0.1, -0.05) is 137 Å². The number of ketones is 1. The first-order valence-corrected chi connectivity index (χ1v) is 22.4. The van der Waals surface area contributed by atoms with Gasteiger partial charge < -0.3 is 11.5 Å². The van der Waals surface area contributed by atoms with E-state index in [1.165, 1.54) is 35.1 Å². The predicted molar refractivity (Wildman–Crippen MR) is 250 cm³/mol. The number of nitrogens with one attached hydrogen (secondary N) is 1. The lowest BCUT2D eigenvalue weighted by Crippen LogP contribution is -2.43. The van der Waals surface area contributed by atoms with Gasteiger partial charge in [0.15, 0.2) is 5.78 Å². The van der Waals surface area contributed by atoms with Gasteiger partial charge in [0.1, 0.15) is 0 Å². The standard InChI is InChI=1S/C28H28N4.C27H28N2O/c1-27(2)16-24-22(26-23(27)17-30-32-26)15-21(18-7-4-3-5-8-18)25(31-24)19-9-11-20(12-10-19)28(29)13-6-14-28;1-26(2)16-23-22(24(30)17-26)15-21(18-7-4-3-5-8-18)25(29-23)19-9-11-20(12-10-19)27(28)13-6-14-27/h3-5,7-12,15,17H,6,13-14,16,29H2,1-2H3,(H,30,32);3-5,7-12,15H,6,13-14,16-17,28H2,1-2H3. The molecule has 2 fully saturated rings. The summed E-state index contributed by atoms with van der Waals surface area (Å²) in [6.45, 7) is 8.83. The third-order valence-electron chi connectivity index (χ3n) is 14.2. The second kappa shape index (κ2) is 15.1. The van der Waals surface area contributed by atoms with E-state index >= 15 is 0 Å². The summed E-state index contributed by atoms with van der Waals surface area (Å²) in [6.07, 6.45) is 10.9. The molecule has 0 bridgehead atoms. The third kappa shape index (κ3) is 7.21. The van der Waals surface area contributed by atoms with Crippen molar-refractivity contribution in [1.29, 1.82) is 0 Å².